The molecule has 8 heteroatoms. The fourth-order valence-electron chi connectivity index (χ4n) is 1.09. The van der Waals surface area contributed by atoms with E-state index < -0.39 is 10.1 Å². The molecule has 0 unspecified atom stereocenters. The molecule has 0 amide bonds. The molecule has 0 saturated carbocycles. The van der Waals surface area contributed by atoms with E-state index in [-0.39, 0.29) is 48.5 Å². The van der Waals surface area contributed by atoms with Crippen LogP contribution in [-0.4, -0.2) is 96.2 Å². The molecule has 0 aliphatic carbocycles. The molecule has 0 aliphatic heterocycles. The van der Waals surface area contributed by atoms with Crippen molar-refractivity contribution in [2.45, 2.75) is 6.42 Å². The van der Waals surface area contributed by atoms with Crippen LogP contribution in [0.5, 0.6) is 0 Å². The molecule has 0 spiro atoms. The van der Waals surface area contributed by atoms with Crippen molar-refractivity contribution in [1.82, 2.24) is 4.90 Å². The number of hydrogen-bond acceptors (Lipinski definition) is 5. The summed E-state index contributed by atoms with van der Waals surface area (Å²) in [6.45, 7) is 1.15. The molecule has 0 saturated heterocycles. The predicted molar refractivity (Wildman–Crippen MR) is 58.8 cm³/mol. The van der Waals surface area contributed by atoms with E-state index in [1.165, 1.54) is 0 Å². The number of hydrogen-bond donors (Lipinski definition) is 3. The van der Waals surface area contributed by atoms with Gasteiger partial charge in [-0.2, -0.15) is 8.42 Å². The molecule has 6 nitrogen and oxygen atoms in total. The van der Waals surface area contributed by atoms with E-state index in [2.05, 4.69) is 0 Å². The van der Waals surface area contributed by atoms with Gasteiger partial charge in [-0.05, 0) is 13.0 Å². The van der Waals surface area contributed by atoms with Gasteiger partial charge in [0.15, 0.2) is 0 Å². The molecule has 15 heavy (non-hydrogen) atoms. The van der Waals surface area contributed by atoms with Crippen LogP contribution in [0.25, 0.3) is 0 Å². The Kier molecular flexibility index (Phi) is 12.1. The van der Waals surface area contributed by atoms with Crippen LogP contribution in [0.4, 0.5) is 0 Å². The van der Waals surface area contributed by atoms with E-state index >= 15 is 0 Å². The van der Waals surface area contributed by atoms with Gasteiger partial charge in [0.1, 0.15) is 0 Å². The second-order valence-corrected chi connectivity index (χ2v) is 4.50. The molecule has 0 rings (SSSR count). The first kappa shape index (κ1) is 18.2. The van der Waals surface area contributed by atoms with Gasteiger partial charge < -0.3 is 10.2 Å². The van der Waals surface area contributed by atoms with Crippen molar-refractivity contribution < 1.29 is 23.2 Å². The minimum absolute atomic E-state index is 0. The van der Waals surface area contributed by atoms with Gasteiger partial charge in [-0.1, -0.05) is 0 Å². The second-order valence-electron chi connectivity index (χ2n) is 2.93. The summed E-state index contributed by atoms with van der Waals surface area (Å²) >= 11 is 0. The van der Waals surface area contributed by atoms with Gasteiger partial charge in [0.05, 0.1) is 19.0 Å². The Hall–Kier alpha value is 0.790. The van der Waals surface area contributed by atoms with E-state index in [0.717, 1.165) is 0 Å². The molecule has 0 heterocycles. The Morgan fingerprint density at radius 1 is 1.00 bits per heavy atom. The quantitative estimate of drug-likeness (QED) is 0.338. The zero-order valence-electron chi connectivity index (χ0n) is 7.96. The van der Waals surface area contributed by atoms with Crippen LogP contribution >= 0.6 is 0 Å². The first-order valence-corrected chi connectivity index (χ1v) is 5.99. The van der Waals surface area contributed by atoms with Crippen LogP contribution in [-0.2, 0) is 10.1 Å². The molecule has 0 aliphatic rings. The van der Waals surface area contributed by atoms with Crippen molar-refractivity contribution >= 4 is 39.7 Å². The van der Waals surface area contributed by atoms with Crippen LogP contribution < -0.4 is 0 Å². The third-order valence-corrected chi connectivity index (χ3v) is 2.51. The van der Waals surface area contributed by atoms with Crippen molar-refractivity contribution in [1.29, 1.82) is 0 Å². The molecule has 0 radical (unpaired) electrons. The average Bonchev–Trinajstić information content (AvgIpc) is 2.02. The van der Waals surface area contributed by atoms with Crippen molar-refractivity contribution in [2.24, 2.45) is 0 Å². The van der Waals surface area contributed by atoms with Gasteiger partial charge in [-0.25, -0.2) is 0 Å². The average molecular weight is 251 g/mol. The summed E-state index contributed by atoms with van der Waals surface area (Å²) < 4.78 is 29.2. The van der Waals surface area contributed by atoms with Gasteiger partial charge in [0.2, 0.25) is 0 Å². The Morgan fingerprint density at radius 2 is 1.47 bits per heavy atom. The number of nitrogens with zero attached hydrogens (tertiary/aromatic N) is 1. The Labute approximate surface area is 112 Å². The summed E-state index contributed by atoms with van der Waals surface area (Å²) in [4.78, 5) is 1.73. The monoisotopic (exact) mass is 251 g/mol. The summed E-state index contributed by atoms with van der Waals surface area (Å²) in [5, 5.41) is 17.3. The van der Waals surface area contributed by atoms with Crippen molar-refractivity contribution in [3.05, 3.63) is 0 Å². The molecule has 0 aromatic carbocycles. The first-order chi connectivity index (χ1) is 6.49. The fourth-order valence-corrected chi connectivity index (χ4v) is 1.58. The summed E-state index contributed by atoms with van der Waals surface area (Å²) in [6, 6.07) is 0. The van der Waals surface area contributed by atoms with Crippen molar-refractivity contribution in [2.75, 3.05) is 38.6 Å². The summed E-state index contributed by atoms with van der Waals surface area (Å²) in [5.74, 6) is -0.291. The summed E-state index contributed by atoms with van der Waals surface area (Å²) in [7, 11) is -3.90. The predicted octanol–water partition coefficient (Wildman–Crippen LogP) is -2.10. The van der Waals surface area contributed by atoms with Crippen molar-refractivity contribution in [3.63, 3.8) is 0 Å². The Morgan fingerprint density at radius 3 is 1.80 bits per heavy atom. The van der Waals surface area contributed by atoms with Gasteiger partial charge in [-0.3, -0.25) is 9.45 Å². The minimum atomic E-state index is -3.90. The molecule has 88 valence electrons. The molecule has 0 bridgehead atoms. The molecule has 0 aromatic heterocycles. The van der Waals surface area contributed by atoms with Crippen LogP contribution in [0.1, 0.15) is 6.42 Å². The zero-order chi connectivity index (χ0) is 11.0. The van der Waals surface area contributed by atoms with Crippen LogP contribution in [0.2, 0.25) is 0 Å². The van der Waals surface area contributed by atoms with E-state index in [9.17, 15) is 8.42 Å². The van der Waals surface area contributed by atoms with Gasteiger partial charge in [0.25, 0.3) is 10.1 Å². The first-order valence-electron chi connectivity index (χ1n) is 4.39. The van der Waals surface area contributed by atoms with E-state index in [4.69, 9.17) is 14.8 Å². The molecule has 0 fully saturated rings. The SMILES string of the molecule is O=S(=O)(O)CCCN(CCO)CCO.[NaH]. The molecule has 3 N–H and O–H groups in total. The number of aliphatic hydroxyl groups is 2. The van der Waals surface area contributed by atoms with Crippen molar-refractivity contribution in [3.8, 4) is 0 Å². The normalized spacial score (nSPS) is 11.5. The van der Waals surface area contributed by atoms with Gasteiger partial charge >= 0.3 is 29.6 Å². The fraction of sp³-hybridized carbons (Fsp3) is 1.00. The summed E-state index contributed by atoms with van der Waals surface area (Å²) in [6.07, 6.45) is 0.291. The van der Waals surface area contributed by atoms with Gasteiger partial charge in [0, 0.05) is 13.1 Å². The molecule has 0 aromatic rings. The third-order valence-electron chi connectivity index (χ3n) is 1.71. The Balaban J connectivity index is 0. The molecule has 0 atom stereocenters. The second kappa shape index (κ2) is 9.98. The Bertz CT molecular complexity index is 228. The number of aliphatic hydroxyl groups excluding tert-OH is 2. The van der Waals surface area contributed by atoms with E-state index in [0.29, 0.717) is 26.1 Å². The zero-order valence-corrected chi connectivity index (χ0v) is 8.78. The van der Waals surface area contributed by atoms with Crippen LogP contribution in [0, 0.1) is 0 Å². The molecular weight excluding hydrogens is 233 g/mol. The van der Waals surface area contributed by atoms with E-state index in [1.54, 1.807) is 4.90 Å². The maximum atomic E-state index is 10.4. The standard InChI is InChI=1S/C7H17NO5S.Na.H/c9-5-3-8(4-6-10)2-1-7-14(11,12)13;;/h9-10H,1-7H2,(H,11,12,13);;. The van der Waals surface area contributed by atoms with E-state index in [1.807, 2.05) is 0 Å². The third kappa shape index (κ3) is 12.7. The molecular formula is C7H18NNaO5S. The number of rotatable bonds is 8. The van der Waals surface area contributed by atoms with Crippen LogP contribution in [0.15, 0.2) is 0 Å². The topological polar surface area (TPSA) is 98.1 Å². The van der Waals surface area contributed by atoms with Gasteiger partial charge in [-0.15, -0.1) is 0 Å². The van der Waals surface area contributed by atoms with Crippen LogP contribution in [0.3, 0.4) is 0 Å². The maximum absolute atomic E-state index is 10.4. The summed E-state index contributed by atoms with van der Waals surface area (Å²) in [5.41, 5.74) is 0.